The summed E-state index contributed by atoms with van der Waals surface area (Å²) in [5, 5.41) is 4.30. The number of benzene rings is 2. The fourth-order valence-electron chi connectivity index (χ4n) is 2.82. The normalized spacial score (nSPS) is 12.0. The summed E-state index contributed by atoms with van der Waals surface area (Å²) in [6.45, 7) is 0. The van der Waals surface area contributed by atoms with Gasteiger partial charge in [-0.25, -0.2) is 4.98 Å². The summed E-state index contributed by atoms with van der Waals surface area (Å²) in [7, 11) is 0. The van der Waals surface area contributed by atoms with Gasteiger partial charge in [0.25, 0.3) is 0 Å². The van der Waals surface area contributed by atoms with Crippen LogP contribution in [0, 0.1) is 0 Å². The van der Waals surface area contributed by atoms with Gasteiger partial charge in [-0.15, -0.1) is 23.7 Å². The van der Waals surface area contributed by atoms with Crippen LogP contribution < -0.4 is 5.73 Å². The molecule has 2 aromatic carbocycles. The summed E-state index contributed by atoms with van der Waals surface area (Å²) in [6.07, 6.45) is 2.84. The minimum atomic E-state index is -0.0864. The van der Waals surface area contributed by atoms with Gasteiger partial charge in [0.05, 0.1) is 11.7 Å². The maximum Gasteiger partial charge on any atom is 0.110 e. The molecule has 4 aromatic rings. The Labute approximate surface area is 151 Å². The number of nitrogens with one attached hydrogen (secondary N) is 1. The van der Waals surface area contributed by atoms with Crippen LogP contribution in [-0.4, -0.2) is 9.97 Å². The summed E-state index contributed by atoms with van der Waals surface area (Å²) in [4.78, 5) is 8.03. The number of thiazole rings is 1. The van der Waals surface area contributed by atoms with Crippen molar-refractivity contribution in [3.05, 3.63) is 76.7 Å². The van der Waals surface area contributed by atoms with E-state index in [0.717, 1.165) is 28.2 Å². The first-order valence-corrected chi connectivity index (χ1v) is 8.50. The summed E-state index contributed by atoms with van der Waals surface area (Å²) in [6, 6.07) is 18.4. The molecule has 0 spiro atoms. The van der Waals surface area contributed by atoms with Crippen LogP contribution in [-0.2, 0) is 6.42 Å². The molecule has 122 valence electrons. The van der Waals surface area contributed by atoms with Gasteiger partial charge in [0.1, 0.15) is 5.01 Å². The molecule has 0 amide bonds. The van der Waals surface area contributed by atoms with Gasteiger partial charge in [-0.1, -0.05) is 48.5 Å². The van der Waals surface area contributed by atoms with Crippen molar-refractivity contribution in [3.8, 4) is 11.3 Å². The molecule has 0 aliphatic carbocycles. The lowest BCUT2D eigenvalue weighted by molar-refractivity contribution is 0.719. The Morgan fingerprint density at radius 3 is 2.62 bits per heavy atom. The maximum atomic E-state index is 6.40. The Balaban J connectivity index is 0.00000169. The lowest BCUT2D eigenvalue weighted by Gasteiger charge is -2.07. The third kappa shape index (κ3) is 3.22. The number of rotatable bonds is 4. The number of para-hydroxylation sites is 1. The quantitative estimate of drug-likeness (QED) is 0.543. The van der Waals surface area contributed by atoms with E-state index in [4.69, 9.17) is 10.7 Å². The predicted molar refractivity (Wildman–Crippen MR) is 104 cm³/mol. The Hall–Kier alpha value is -2.14. The van der Waals surface area contributed by atoms with Gasteiger partial charge in [0, 0.05) is 28.0 Å². The molecule has 0 fully saturated rings. The Bertz CT molecular complexity index is 930. The molecule has 1 unspecified atom stereocenters. The fourth-order valence-corrected chi connectivity index (χ4v) is 3.65. The highest BCUT2D eigenvalue weighted by Crippen LogP contribution is 2.28. The van der Waals surface area contributed by atoms with E-state index in [2.05, 4.69) is 46.9 Å². The molecule has 0 bridgehead atoms. The van der Waals surface area contributed by atoms with E-state index >= 15 is 0 Å². The molecule has 4 rings (SSSR count). The van der Waals surface area contributed by atoms with Crippen LogP contribution in [0.3, 0.4) is 0 Å². The fraction of sp³-hybridized carbons (Fsp3) is 0.105. The van der Waals surface area contributed by atoms with E-state index in [1.54, 1.807) is 11.3 Å². The summed E-state index contributed by atoms with van der Waals surface area (Å²) >= 11 is 1.63. The van der Waals surface area contributed by atoms with E-state index in [1.165, 1.54) is 10.9 Å². The molecular weight excluding hydrogens is 338 g/mol. The zero-order valence-corrected chi connectivity index (χ0v) is 14.6. The van der Waals surface area contributed by atoms with Crippen molar-refractivity contribution in [3.63, 3.8) is 0 Å². The summed E-state index contributed by atoms with van der Waals surface area (Å²) in [5.41, 5.74) is 10.9. The number of H-pyrrole nitrogens is 1. The third-order valence-electron chi connectivity index (χ3n) is 4.02. The molecule has 3 N–H and O–H groups in total. The van der Waals surface area contributed by atoms with Crippen molar-refractivity contribution < 1.29 is 0 Å². The Morgan fingerprint density at radius 2 is 1.79 bits per heavy atom. The molecule has 2 aromatic heterocycles. The lowest BCUT2D eigenvalue weighted by atomic mass is 10.1. The molecule has 1 atom stereocenters. The van der Waals surface area contributed by atoms with Crippen LogP contribution >= 0.6 is 23.7 Å². The highest BCUT2D eigenvalue weighted by atomic mass is 35.5. The number of aromatic nitrogens is 2. The zero-order valence-electron chi connectivity index (χ0n) is 13.0. The molecule has 0 saturated heterocycles. The Kier molecular flexibility index (Phi) is 5.00. The van der Waals surface area contributed by atoms with Crippen molar-refractivity contribution in [2.75, 3.05) is 0 Å². The Morgan fingerprint density at radius 1 is 1.04 bits per heavy atom. The largest absolute Gasteiger partial charge is 0.361 e. The summed E-state index contributed by atoms with van der Waals surface area (Å²) in [5.74, 6) is 0. The van der Waals surface area contributed by atoms with Gasteiger partial charge in [0.15, 0.2) is 0 Å². The first-order valence-electron chi connectivity index (χ1n) is 7.62. The smallest absolute Gasteiger partial charge is 0.110 e. The first-order chi connectivity index (χ1) is 11.3. The molecule has 5 heteroatoms. The van der Waals surface area contributed by atoms with E-state index in [1.807, 2.05) is 24.3 Å². The number of aromatic amines is 1. The van der Waals surface area contributed by atoms with Crippen LogP contribution in [0.4, 0.5) is 0 Å². The van der Waals surface area contributed by atoms with Gasteiger partial charge in [-0.2, -0.15) is 0 Å². The molecule has 0 saturated carbocycles. The first kappa shape index (κ1) is 16.7. The second-order valence-electron chi connectivity index (χ2n) is 5.61. The number of nitrogens with zero attached hydrogens (tertiary/aromatic N) is 1. The number of fused-ring (bicyclic) bond motifs is 1. The average Bonchev–Trinajstić information content (AvgIpc) is 3.24. The predicted octanol–water partition coefficient (Wildman–Crippen LogP) is 4.96. The number of hydrogen-bond acceptors (Lipinski definition) is 3. The van der Waals surface area contributed by atoms with E-state index < -0.39 is 0 Å². The minimum absolute atomic E-state index is 0. The van der Waals surface area contributed by atoms with Crippen molar-refractivity contribution in [1.29, 1.82) is 0 Å². The third-order valence-corrected chi connectivity index (χ3v) is 5.00. The van der Waals surface area contributed by atoms with Crippen LogP contribution in [0.25, 0.3) is 22.2 Å². The second-order valence-corrected chi connectivity index (χ2v) is 6.50. The van der Waals surface area contributed by atoms with Crippen molar-refractivity contribution in [2.24, 2.45) is 5.73 Å². The standard InChI is InChI=1S/C19H17N3S.ClH/c20-16(10-14-11-21-17-9-5-4-8-15(14)17)19-22-18(12-23-19)13-6-2-1-3-7-13;/h1-9,11-12,16,21H,10,20H2;1H. The molecule has 2 heterocycles. The van der Waals surface area contributed by atoms with Gasteiger partial charge >= 0.3 is 0 Å². The average molecular weight is 356 g/mol. The maximum absolute atomic E-state index is 6.40. The molecule has 0 aliphatic heterocycles. The molecule has 3 nitrogen and oxygen atoms in total. The minimum Gasteiger partial charge on any atom is -0.361 e. The van der Waals surface area contributed by atoms with Crippen molar-refractivity contribution in [1.82, 2.24) is 9.97 Å². The number of hydrogen-bond donors (Lipinski definition) is 2. The van der Waals surface area contributed by atoms with Crippen molar-refractivity contribution >= 4 is 34.6 Å². The molecule has 24 heavy (non-hydrogen) atoms. The zero-order chi connectivity index (χ0) is 15.6. The van der Waals surface area contributed by atoms with Gasteiger partial charge in [-0.3, -0.25) is 0 Å². The van der Waals surface area contributed by atoms with E-state index in [0.29, 0.717) is 0 Å². The topological polar surface area (TPSA) is 54.7 Å². The molecule has 0 aliphatic rings. The summed E-state index contributed by atoms with van der Waals surface area (Å²) < 4.78 is 0. The van der Waals surface area contributed by atoms with Gasteiger partial charge in [-0.05, 0) is 18.1 Å². The highest BCUT2D eigenvalue weighted by Gasteiger charge is 2.14. The van der Waals surface area contributed by atoms with E-state index in [9.17, 15) is 0 Å². The van der Waals surface area contributed by atoms with Crippen LogP contribution in [0.1, 0.15) is 16.6 Å². The lowest BCUT2D eigenvalue weighted by Crippen LogP contribution is -2.12. The van der Waals surface area contributed by atoms with Gasteiger partial charge < -0.3 is 10.7 Å². The number of nitrogens with two attached hydrogens (primary N) is 1. The second kappa shape index (κ2) is 7.18. The van der Waals surface area contributed by atoms with Crippen LogP contribution in [0.2, 0.25) is 0 Å². The molecular formula is C19H18ClN3S. The van der Waals surface area contributed by atoms with Crippen LogP contribution in [0.15, 0.2) is 66.2 Å². The SMILES string of the molecule is Cl.NC(Cc1c[nH]c2ccccc12)c1nc(-c2ccccc2)cs1. The van der Waals surface area contributed by atoms with Crippen molar-refractivity contribution in [2.45, 2.75) is 12.5 Å². The monoisotopic (exact) mass is 355 g/mol. The molecule has 0 radical (unpaired) electrons. The van der Waals surface area contributed by atoms with E-state index in [-0.39, 0.29) is 18.4 Å². The van der Waals surface area contributed by atoms with Gasteiger partial charge in [0.2, 0.25) is 0 Å². The van der Waals surface area contributed by atoms with Crippen LogP contribution in [0.5, 0.6) is 0 Å². The highest BCUT2D eigenvalue weighted by molar-refractivity contribution is 7.10. The number of halogens is 1.